The Morgan fingerprint density at radius 1 is 1.35 bits per heavy atom. The van der Waals surface area contributed by atoms with Gasteiger partial charge in [0, 0.05) is 12.6 Å². The maximum Gasteiger partial charge on any atom is 0.188 e. The molecule has 0 unspecified atom stereocenters. The largest absolute Gasteiger partial charge is 0.370 e. The lowest BCUT2D eigenvalue weighted by atomic mass is 10.0. The van der Waals surface area contributed by atoms with Crippen LogP contribution in [0.1, 0.15) is 30.5 Å². The van der Waals surface area contributed by atoms with E-state index in [1.165, 1.54) is 16.7 Å². The molecule has 94 valence electrons. The molecule has 0 aliphatic rings. The van der Waals surface area contributed by atoms with Crippen LogP contribution in [0.25, 0.3) is 0 Å². The van der Waals surface area contributed by atoms with E-state index in [-0.39, 0.29) is 0 Å². The predicted molar refractivity (Wildman–Crippen MR) is 74.4 cm³/mol. The first-order chi connectivity index (χ1) is 7.99. The summed E-state index contributed by atoms with van der Waals surface area (Å²) in [7, 11) is 0. The molecule has 0 aliphatic heterocycles. The van der Waals surface area contributed by atoms with Crippen LogP contribution in [-0.4, -0.2) is 18.5 Å². The van der Waals surface area contributed by atoms with Crippen LogP contribution in [-0.2, 0) is 6.42 Å². The van der Waals surface area contributed by atoms with Gasteiger partial charge in [-0.25, -0.2) is 0 Å². The van der Waals surface area contributed by atoms with E-state index in [2.05, 4.69) is 42.4 Å². The third-order valence-corrected chi connectivity index (χ3v) is 2.60. The molecule has 0 aromatic heterocycles. The zero-order valence-electron chi connectivity index (χ0n) is 11.2. The molecule has 0 amide bonds. The Morgan fingerprint density at radius 2 is 2.06 bits per heavy atom. The van der Waals surface area contributed by atoms with Gasteiger partial charge in [0.25, 0.3) is 0 Å². The summed E-state index contributed by atoms with van der Waals surface area (Å²) in [5.41, 5.74) is 9.71. The third kappa shape index (κ3) is 4.89. The van der Waals surface area contributed by atoms with Gasteiger partial charge in [-0.2, -0.15) is 0 Å². The molecule has 3 heteroatoms. The van der Waals surface area contributed by atoms with E-state index in [1.54, 1.807) is 0 Å². The van der Waals surface area contributed by atoms with Gasteiger partial charge in [0.05, 0.1) is 0 Å². The maximum absolute atomic E-state index is 5.74. The summed E-state index contributed by atoms with van der Waals surface area (Å²) >= 11 is 0. The van der Waals surface area contributed by atoms with Crippen molar-refractivity contribution in [3.05, 3.63) is 34.9 Å². The second-order valence-electron chi connectivity index (χ2n) is 4.75. The highest BCUT2D eigenvalue weighted by molar-refractivity contribution is 5.78. The van der Waals surface area contributed by atoms with Gasteiger partial charge < -0.3 is 11.1 Å². The van der Waals surface area contributed by atoms with Gasteiger partial charge in [0.2, 0.25) is 0 Å². The lowest BCUT2D eigenvalue weighted by Gasteiger charge is -2.09. The molecule has 1 rings (SSSR count). The summed E-state index contributed by atoms with van der Waals surface area (Å²) in [6.45, 7) is 9.08. The quantitative estimate of drug-likeness (QED) is 0.618. The van der Waals surface area contributed by atoms with Gasteiger partial charge in [-0.3, -0.25) is 4.99 Å². The number of guanidine groups is 1. The van der Waals surface area contributed by atoms with Gasteiger partial charge in [0.1, 0.15) is 0 Å². The lowest BCUT2D eigenvalue weighted by molar-refractivity contribution is 0.723. The second-order valence-corrected chi connectivity index (χ2v) is 4.75. The van der Waals surface area contributed by atoms with Crippen molar-refractivity contribution >= 4 is 5.96 Å². The number of hydrogen-bond donors (Lipinski definition) is 2. The minimum atomic E-state index is 0.333. The van der Waals surface area contributed by atoms with Crippen molar-refractivity contribution in [3.8, 4) is 0 Å². The fourth-order valence-electron chi connectivity index (χ4n) is 1.76. The second kappa shape index (κ2) is 6.28. The highest BCUT2D eigenvalue weighted by Gasteiger charge is 1.99. The average molecular weight is 233 g/mol. The average Bonchev–Trinajstić information content (AvgIpc) is 2.20. The van der Waals surface area contributed by atoms with Crippen molar-refractivity contribution in [2.75, 3.05) is 6.54 Å². The first kappa shape index (κ1) is 13.6. The molecule has 17 heavy (non-hydrogen) atoms. The molecule has 0 saturated carbocycles. The van der Waals surface area contributed by atoms with Crippen LogP contribution in [0.5, 0.6) is 0 Å². The summed E-state index contributed by atoms with van der Waals surface area (Å²) in [6, 6.07) is 6.85. The van der Waals surface area contributed by atoms with Gasteiger partial charge in [-0.05, 0) is 45.2 Å². The summed E-state index contributed by atoms with van der Waals surface area (Å²) in [5, 5.41) is 3.08. The monoisotopic (exact) mass is 233 g/mol. The molecule has 0 atom stereocenters. The Morgan fingerprint density at radius 3 is 2.65 bits per heavy atom. The summed E-state index contributed by atoms with van der Waals surface area (Å²) in [4.78, 5) is 4.31. The van der Waals surface area contributed by atoms with Crippen molar-refractivity contribution in [2.24, 2.45) is 10.7 Å². The van der Waals surface area contributed by atoms with E-state index in [9.17, 15) is 0 Å². The SMILES string of the molecule is Cc1ccc(CCN=C(N)NC(C)C)c(C)c1. The molecule has 3 nitrogen and oxygen atoms in total. The number of aryl methyl sites for hydroxylation is 2. The number of aliphatic imine (C=N–C) groups is 1. The number of nitrogens with two attached hydrogens (primary N) is 1. The van der Waals surface area contributed by atoms with Crippen LogP contribution < -0.4 is 11.1 Å². The van der Waals surface area contributed by atoms with Gasteiger partial charge in [-0.1, -0.05) is 23.8 Å². The lowest BCUT2D eigenvalue weighted by Crippen LogP contribution is -2.36. The highest BCUT2D eigenvalue weighted by atomic mass is 15.1. The molecule has 0 saturated heterocycles. The Balaban J connectivity index is 2.50. The van der Waals surface area contributed by atoms with Gasteiger partial charge in [-0.15, -0.1) is 0 Å². The first-order valence-electron chi connectivity index (χ1n) is 6.11. The van der Waals surface area contributed by atoms with E-state index in [0.29, 0.717) is 12.0 Å². The van der Waals surface area contributed by atoms with E-state index in [1.807, 2.05) is 13.8 Å². The van der Waals surface area contributed by atoms with Crippen LogP contribution in [0.3, 0.4) is 0 Å². The highest BCUT2D eigenvalue weighted by Crippen LogP contribution is 2.10. The molecule has 1 aromatic carbocycles. The number of nitrogens with zero attached hydrogens (tertiary/aromatic N) is 1. The minimum absolute atomic E-state index is 0.333. The number of rotatable bonds is 4. The van der Waals surface area contributed by atoms with Gasteiger partial charge in [0.15, 0.2) is 5.96 Å². The Hall–Kier alpha value is -1.51. The fraction of sp³-hybridized carbons (Fsp3) is 0.500. The Labute approximate surface area is 104 Å². The topological polar surface area (TPSA) is 50.4 Å². The Bertz CT molecular complexity index is 394. The van der Waals surface area contributed by atoms with Crippen LogP contribution in [0, 0.1) is 13.8 Å². The molecule has 1 aromatic rings. The number of nitrogens with one attached hydrogen (secondary N) is 1. The van der Waals surface area contributed by atoms with E-state index >= 15 is 0 Å². The van der Waals surface area contributed by atoms with Crippen molar-refractivity contribution in [1.29, 1.82) is 0 Å². The molecular formula is C14H23N3. The molecule has 0 spiro atoms. The van der Waals surface area contributed by atoms with E-state index in [4.69, 9.17) is 5.73 Å². The van der Waals surface area contributed by atoms with Crippen LogP contribution in [0.2, 0.25) is 0 Å². The van der Waals surface area contributed by atoms with Crippen molar-refractivity contribution in [3.63, 3.8) is 0 Å². The van der Waals surface area contributed by atoms with E-state index in [0.717, 1.165) is 13.0 Å². The first-order valence-corrected chi connectivity index (χ1v) is 6.11. The fourth-order valence-corrected chi connectivity index (χ4v) is 1.76. The number of benzene rings is 1. The number of hydrogen-bond acceptors (Lipinski definition) is 1. The molecule has 0 aliphatic carbocycles. The molecule has 0 fully saturated rings. The summed E-state index contributed by atoms with van der Waals surface area (Å²) < 4.78 is 0. The zero-order chi connectivity index (χ0) is 12.8. The Kier molecular flexibility index (Phi) is 5.01. The van der Waals surface area contributed by atoms with Crippen molar-refractivity contribution < 1.29 is 0 Å². The molecule has 0 radical (unpaired) electrons. The van der Waals surface area contributed by atoms with Crippen LogP contribution >= 0.6 is 0 Å². The molecular weight excluding hydrogens is 210 g/mol. The van der Waals surface area contributed by atoms with Gasteiger partial charge >= 0.3 is 0 Å². The van der Waals surface area contributed by atoms with Crippen LogP contribution in [0.4, 0.5) is 0 Å². The third-order valence-electron chi connectivity index (χ3n) is 2.60. The molecule has 0 bridgehead atoms. The minimum Gasteiger partial charge on any atom is -0.370 e. The zero-order valence-corrected chi connectivity index (χ0v) is 11.2. The standard InChI is InChI=1S/C14H23N3/c1-10(2)17-14(15)16-8-7-13-6-5-11(3)9-12(13)4/h5-6,9-10H,7-8H2,1-4H3,(H3,15,16,17). The summed E-state index contributed by atoms with van der Waals surface area (Å²) in [6.07, 6.45) is 0.937. The maximum atomic E-state index is 5.74. The van der Waals surface area contributed by atoms with Crippen molar-refractivity contribution in [2.45, 2.75) is 40.2 Å². The molecule has 3 N–H and O–H groups in total. The van der Waals surface area contributed by atoms with Crippen molar-refractivity contribution in [1.82, 2.24) is 5.32 Å². The smallest absolute Gasteiger partial charge is 0.188 e. The van der Waals surface area contributed by atoms with E-state index < -0.39 is 0 Å². The molecule has 0 heterocycles. The normalized spacial score (nSPS) is 11.9. The summed E-state index contributed by atoms with van der Waals surface area (Å²) in [5.74, 6) is 0.532. The van der Waals surface area contributed by atoms with Crippen LogP contribution in [0.15, 0.2) is 23.2 Å². The predicted octanol–water partition coefficient (Wildman–Crippen LogP) is 2.16.